The summed E-state index contributed by atoms with van der Waals surface area (Å²) < 4.78 is 11.1. The first-order chi connectivity index (χ1) is 7.29. The van der Waals surface area contributed by atoms with Gasteiger partial charge in [-0.1, -0.05) is 0 Å². The molecule has 2 rings (SSSR count). The van der Waals surface area contributed by atoms with E-state index in [0.717, 1.165) is 39.5 Å². The maximum Gasteiger partial charge on any atom is 0.129 e. The number of morpholine rings is 2. The Morgan fingerprint density at radius 3 is 2.67 bits per heavy atom. The summed E-state index contributed by atoms with van der Waals surface area (Å²) in [5, 5.41) is 3.55. The minimum absolute atomic E-state index is 0.469. The number of nitrogens with one attached hydrogen (secondary N) is 2. The Balaban J connectivity index is 1.96. The second-order valence-corrected chi connectivity index (χ2v) is 4.80. The second-order valence-electron chi connectivity index (χ2n) is 4.80. The maximum atomic E-state index is 5.60. The molecule has 2 heterocycles. The SMILES string of the molecule is CC(C)[NH+]1CCOC[C@@H]1[C@H]1COCCN1. The zero-order chi connectivity index (χ0) is 10.7. The molecule has 1 unspecified atom stereocenters. The Labute approximate surface area is 91.9 Å². The van der Waals surface area contributed by atoms with E-state index in [0.29, 0.717) is 18.1 Å². The molecule has 15 heavy (non-hydrogen) atoms. The largest absolute Gasteiger partial charge is 0.378 e. The average Bonchev–Trinajstić information content (AvgIpc) is 2.30. The lowest BCUT2D eigenvalue weighted by atomic mass is 10.0. The summed E-state index contributed by atoms with van der Waals surface area (Å²) >= 11 is 0. The summed E-state index contributed by atoms with van der Waals surface area (Å²) in [6.07, 6.45) is 0. The molecular formula is C11H23N2O2+. The molecule has 0 aromatic carbocycles. The zero-order valence-electron chi connectivity index (χ0n) is 9.79. The van der Waals surface area contributed by atoms with Crippen LogP contribution in [0.25, 0.3) is 0 Å². The van der Waals surface area contributed by atoms with E-state index in [1.165, 1.54) is 0 Å². The molecule has 4 heteroatoms. The van der Waals surface area contributed by atoms with Gasteiger partial charge in [-0.05, 0) is 13.8 Å². The van der Waals surface area contributed by atoms with Crippen molar-refractivity contribution >= 4 is 0 Å². The van der Waals surface area contributed by atoms with Crippen molar-refractivity contribution in [1.82, 2.24) is 5.32 Å². The second kappa shape index (κ2) is 5.25. The van der Waals surface area contributed by atoms with Crippen LogP contribution in [-0.2, 0) is 9.47 Å². The standard InChI is InChI=1S/C11H22N2O2/c1-9(2)13-4-6-15-8-11(13)10-7-14-5-3-12-10/h9-12H,3-8H2,1-2H3/p+1/t10-,11-/m1/s1. The summed E-state index contributed by atoms with van der Waals surface area (Å²) in [6, 6.07) is 1.69. The molecule has 2 saturated heterocycles. The number of quaternary nitrogens is 1. The van der Waals surface area contributed by atoms with Crippen LogP contribution in [0, 0.1) is 0 Å². The molecule has 2 aliphatic heterocycles. The molecule has 2 aliphatic rings. The predicted molar refractivity (Wildman–Crippen MR) is 58.2 cm³/mol. The van der Waals surface area contributed by atoms with Gasteiger partial charge in [-0.15, -0.1) is 0 Å². The highest BCUT2D eigenvalue weighted by atomic mass is 16.5. The summed E-state index contributed by atoms with van der Waals surface area (Å²) in [5.41, 5.74) is 0. The van der Waals surface area contributed by atoms with E-state index in [9.17, 15) is 0 Å². The first-order valence-electron chi connectivity index (χ1n) is 6.03. The van der Waals surface area contributed by atoms with E-state index in [-0.39, 0.29) is 0 Å². The molecule has 2 N–H and O–H groups in total. The van der Waals surface area contributed by atoms with Crippen LogP contribution in [0.5, 0.6) is 0 Å². The first kappa shape index (κ1) is 11.3. The van der Waals surface area contributed by atoms with Gasteiger partial charge in [0.05, 0.1) is 31.9 Å². The van der Waals surface area contributed by atoms with Crippen LogP contribution in [0.15, 0.2) is 0 Å². The van der Waals surface area contributed by atoms with Crippen molar-refractivity contribution < 1.29 is 14.4 Å². The molecule has 3 atom stereocenters. The van der Waals surface area contributed by atoms with Crippen molar-refractivity contribution in [3.8, 4) is 0 Å². The molecule has 0 aliphatic carbocycles. The van der Waals surface area contributed by atoms with Crippen LogP contribution in [0.3, 0.4) is 0 Å². The molecule has 2 fully saturated rings. The van der Waals surface area contributed by atoms with Gasteiger partial charge in [-0.2, -0.15) is 0 Å². The minimum Gasteiger partial charge on any atom is -0.378 e. The molecular weight excluding hydrogens is 192 g/mol. The summed E-state index contributed by atoms with van der Waals surface area (Å²) in [5.74, 6) is 0. The quantitative estimate of drug-likeness (QED) is 0.599. The average molecular weight is 215 g/mol. The van der Waals surface area contributed by atoms with Crippen molar-refractivity contribution in [3.05, 3.63) is 0 Å². The van der Waals surface area contributed by atoms with E-state index in [4.69, 9.17) is 9.47 Å². The van der Waals surface area contributed by atoms with E-state index in [1.54, 1.807) is 4.90 Å². The third-order valence-corrected chi connectivity index (χ3v) is 3.49. The van der Waals surface area contributed by atoms with E-state index in [2.05, 4.69) is 19.2 Å². The molecule has 0 aromatic rings. The van der Waals surface area contributed by atoms with Crippen molar-refractivity contribution in [2.45, 2.75) is 32.0 Å². The molecule has 4 nitrogen and oxygen atoms in total. The summed E-state index contributed by atoms with van der Waals surface area (Å²) in [7, 11) is 0. The fraction of sp³-hybridized carbons (Fsp3) is 1.00. The number of hydrogen-bond donors (Lipinski definition) is 2. The van der Waals surface area contributed by atoms with Crippen LogP contribution >= 0.6 is 0 Å². The molecule has 0 radical (unpaired) electrons. The Hall–Kier alpha value is -0.160. The third kappa shape index (κ3) is 2.69. The maximum absolute atomic E-state index is 5.60. The van der Waals surface area contributed by atoms with Crippen molar-refractivity contribution in [2.75, 3.05) is 39.5 Å². The van der Waals surface area contributed by atoms with Gasteiger partial charge < -0.3 is 19.7 Å². The molecule has 0 saturated carbocycles. The van der Waals surface area contributed by atoms with Crippen molar-refractivity contribution in [3.63, 3.8) is 0 Å². The molecule has 0 aromatic heterocycles. The fourth-order valence-electron chi connectivity index (χ4n) is 2.63. The molecule has 0 amide bonds. The smallest absolute Gasteiger partial charge is 0.129 e. The fourth-order valence-corrected chi connectivity index (χ4v) is 2.63. The number of hydrogen-bond acceptors (Lipinski definition) is 3. The van der Waals surface area contributed by atoms with Gasteiger partial charge in [0.1, 0.15) is 19.2 Å². The van der Waals surface area contributed by atoms with Crippen molar-refractivity contribution in [2.24, 2.45) is 0 Å². The summed E-state index contributed by atoms with van der Waals surface area (Å²) in [4.78, 5) is 1.66. The summed E-state index contributed by atoms with van der Waals surface area (Å²) in [6.45, 7) is 10.1. The third-order valence-electron chi connectivity index (χ3n) is 3.49. The van der Waals surface area contributed by atoms with E-state index >= 15 is 0 Å². The van der Waals surface area contributed by atoms with E-state index < -0.39 is 0 Å². The van der Waals surface area contributed by atoms with Crippen LogP contribution in [0.2, 0.25) is 0 Å². The first-order valence-corrected chi connectivity index (χ1v) is 6.03. The highest BCUT2D eigenvalue weighted by molar-refractivity contribution is 4.80. The lowest BCUT2D eigenvalue weighted by Gasteiger charge is -2.40. The topological polar surface area (TPSA) is 34.9 Å². The van der Waals surface area contributed by atoms with Gasteiger partial charge in [-0.3, -0.25) is 0 Å². The van der Waals surface area contributed by atoms with Gasteiger partial charge >= 0.3 is 0 Å². The lowest BCUT2D eigenvalue weighted by Crippen LogP contribution is -3.22. The highest BCUT2D eigenvalue weighted by Crippen LogP contribution is 2.01. The highest BCUT2D eigenvalue weighted by Gasteiger charge is 2.36. The normalized spacial score (nSPS) is 38.2. The van der Waals surface area contributed by atoms with Gasteiger partial charge in [-0.25, -0.2) is 0 Å². The molecule has 0 bridgehead atoms. The van der Waals surface area contributed by atoms with Gasteiger partial charge in [0.15, 0.2) is 0 Å². The van der Waals surface area contributed by atoms with Crippen LogP contribution in [0.4, 0.5) is 0 Å². The van der Waals surface area contributed by atoms with Crippen LogP contribution < -0.4 is 10.2 Å². The van der Waals surface area contributed by atoms with Gasteiger partial charge in [0.2, 0.25) is 0 Å². The lowest BCUT2D eigenvalue weighted by molar-refractivity contribution is -0.955. The Morgan fingerprint density at radius 1 is 1.20 bits per heavy atom. The number of rotatable bonds is 2. The minimum atomic E-state index is 0.469. The van der Waals surface area contributed by atoms with Crippen LogP contribution in [0.1, 0.15) is 13.8 Å². The Morgan fingerprint density at radius 2 is 2.00 bits per heavy atom. The monoisotopic (exact) mass is 215 g/mol. The van der Waals surface area contributed by atoms with Gasteiger partial charge in [0, 0.05) is 6.54 Å². The van der Waals surface area contributed by atoms with E-state index in [1.807, 2.05) is 0 Å². The zero-order valence-corrected chi connectivity index (χ0v) is 9.79. The molecule has 0 spiro atoms. The Kier molecular flexibility index (Phi) is 3.97. The van der Waals surface area contributed by atoms with Crippen LogP contribution in [-0.4, -0.2) is 57.6 Å². The Bertz CT molecular complexity index is 193. The van der Waals surface area contributed by atoms with Crippen molar-refractivity contribution in [1.29, 1.82) is 0 Å². The predicted octanol–water partition coefficient (Wildman–Crippen LogP) is -1.33. The molecule has 88 valence electrons. The number of ether oxygens (including phenoxy) is 2. The van der Waals surface area contributed by atoms with Gasteiger partial charge in [0.25, 0.3) is 0 Å².